The standard InChI is InChI=1S/C19H17FN2O5/c1-10-4-3-5-13(22(25)26)19(10)21-16(24)9-27-15-7-6-12(20)17-11(2)8-14(23)18(15)17/h3-7,11H,8-9H2,1-2H3,(H,21,24)/t11-/m0/s1. The highest BCUT2D eigenvalue weighted by atomic mass is 19.1. The van der Waals surface area contributed by atoms with Gasteiger partial charge in [-0.15, -0.1) is 0 Å². The number of anilines is 1. The first kappa shape index (κ1) is 18.5. The molecule has 7 nitrogen and oxygen atoms in total. The first-order chi connectivity index (χ1) is 12.8. The minimum absolute atomic E-state index is 0.0881. The van der Waals surface area contributed by atoms with E-state index in [1.165, 1.54) is 24.3 Å². The number of nitro benzene ring substituents is 1. The molecule has 1 aliphatic rings. The summed E-state index contributed by atoms with van der Waals surface area (Å²) >= 11 is 0. The molecule has 0 unspecified atom stereocenters. The van der Waals surface area contributed by atoms with Crippen molar-refractivity contribution in [1.82, 2.24) is 0 Å². The zero-order chi connectivity index (χ0) is 19.7. The lowest BCUT2D eigenvalue weighted by molar-refractivity contribution is -0.384. The molecule has 3 rings (SSSR count). The van der Waals surface area contributed by atoms with Crippen molar-refractivity contribution >= 4 is 23.1 Å². The SMILES string of the molecule is Cc1cccc([N+](=O)[O-])c1NC(=O)COc1ccc(F)c2c1C(=O)C[C@@H]2C. The summed E-state index contributed by atoms with van der Waals surface area (Å²) in [6.45, 7) is 2.92. The van der Waals surface area contributed by atoms with E-state index in [-0.39, 0.29) is 40.8 Å². The number of hydrogen-bond donors (Lipinski definition) is 1. The van der Waals surface area contributed by atoms with Crippen LogP contribution in [0.15, 0.2) is 30.3 Å². The molecular weight excluding hydrogens is 355 g/mol. The molecule has 8 heteroatoms. The smallest absolute Gasteiger partial charge is 0.293 e. The summed E-state index contributed by atoms with van der Waals surface area (Å²) < 4.78 is 19.4. The number of rotatable bonds is 5. The van der Waals surface area contributed by atoms with Gasteiger partial charge >= 0.3 is 0 Å². The molecule has 0 fully saturated rings. The number of carbonyl (C=O) groups is 2. The van der Waals surface area contributed by atoms with Gasteiger partial charge in [0.1, 0.15) is 17.3 Å². The minimum atomic E-state index is -0.621. The number of carbonyl (C=O) groups excluding carboxylic acids is 2. The molecule has 0 saturated heterocycles. The summed E-state index contributed by atoms with van der Waals surface area (Å²) in [5, 5.41) is 13.6. The topological polar surface area (TPSA) is 98.5 Å². The van der Waals surface area contributed by atoms with Crippen molar-refractivity contribution in [3.8, 4) is 5.75 Å². The van der Waals surface area contributed by atoms with E-state index in [1.54, 1.807) is 19.9 Å². The van der Waals surface area contributed by atoms with Crippen LogP contribution in [-0.2, 0) is 4.79 Å². The number of ketones is 1. The van der Waals surface area contributed by atoms with Gasteiger partial charge in [0.05, 0.1) is 10.5 Å². The fourth-order valence-electron chi connectivity index (χ4n) is 3.23. The Balaban J connectivity index is 1.77. The molecule has 140 valence electrons. The number of fused-ring (bicyclic) bond motifs is 1. The van der Waals surface area contributed by atoms with Crippen molar-refractivity contribution in [2.45, 2.75) is 26.2 Å². The van der Waals surface area contributed by atoms with Crippen LogP contribution in [0, 0.1) is 22.9 Å². The first-order valence-electron chi connectivity index (χ1n) is 8.31. The highest BCUT2D eigenvalue weighted by molar-refractivity contribution is 6.04. The molecule has 2 aromatic rings. The number of Topliss-reactive ketones (excluding diaryl/α,β-unsaturated/α-hetero) is 1. The van der Waals surface area contributed by atoms with Crippen LogP contribution in [0.3, 0.4) is 0 Å². The molecule has 27 heavy (non-hydrogen) atoms. The summed E-state index contributed by atoms with van der Waals surface area (Å²) in [6, 6.07) is 6.96. The lowest BCUT2D eigenvalue weighted by Gasteiger charge is -2.13. The Morgan fingerprint density at radius 2 is 2.11 bits per heavy atom. The van der Waals surface area contributed by atoms with E-state index in [4.69, 9.17) is 4.74 Å². The maximum Gasteiger partial charge on any atom is 0.293 e. The summed E-state index contributed by atoms with van der Waals surface area (Å²) in [4.78, 5) is 34.9. The Kier molecular flexibility index (Phi) is 4.89. The van der Waals surface area contributed by atoms with Crippen LogP contribution in [0.2, 0.25) is 0 Å². The lowest BCUT2D eigenvalue weighted by atomic mass is 10.0. The molecular formula is C19H17FN2O5. The summed E-state index contributed by atoms with van der Waals surface area (Å²) in [6.07, 6.45) is 0.189. The third kappa shape index (κ3) is 3.51. The van der Waals surface area contributed by atoms with Crippen LogP contribution in [0.25, 0.3) is 0 Å². The zero-order valence-corrected chi connectivity index (χ0v) is 14.7. The number of benzene rings is 2. The number of nitrogens with one attached hydrogen (secondary N) is 1. The van der Waals surface area contributed by atoms with Crippen molar-refractivity contribution in [1.29, 1.82) is 0 Å². The van der Waals surface area contributed by atoms with E-state index in [0.717, 1.165) is 0 Å². The number of hydrogen-bond acceptors (Lipinski definition) is 5. The summed E-state index contributed by atoms with van der Waals surface area (Å²) in [5.74, 6) is -1.45. The quantitative estimate of drug-likeness (QED) is 0.637. The normalized spacial score (nSPS) is 15.4. The van der Waals surface area contributed by atoms with Gasteiger partial charge in [-0.2, -0.15) is 0 Å². The van der Waals surface area contributed by atoms with Gasteiger partial charge in [-0.1, -0.05) is 19.1 Å². The molecule has 0 bridgehead atoms. The molecule has 0 aliphatic heterocycles. The number of para-hydroxylation sites is 1. The molecule has 1 amide bonds. The minimum Gasteiger partial charge on any atom is -0.483 e. The van der Waals surface area contributed by atoms with Crippen LogP contribution < -0.4 is 10.1 Å². The van der Waals surface area contributed by atoms with E-state index < -0.39 is 23.3 Å². The fourth-order valence-corrected chi connectivity index (χ4v) is 3.23. The highest BCUT2D eigenvalue weighted by Gasteiger charge is 2.32. The number of ether oxygens (including phenoxy) is 1. The van der Waals surface area contributed by atoms with Gasteiger partial charge < -0.3 is 10.1 Å². The largest absolute Gasteiger partial charge is 0.483 e. The number of halogens is 1. The van der Waals surface area contributed by atoms with Crippen molar-refractivity contribution in [2.75, 3.05) is 11.9 Å². The van der Waals surface area contributed by atoms with E-state index in [0.29, 0.717) is 11.1 Å². The summed E-state index contributed by atoms with van der Waals surface area (Å²) in [7, 11) is 0. The monoisotopic (exact) mass is 372 g/mol. The van der Waals surface area contributed by atoms with Crippen LogP contribution in [0.1, 0.15) is 40.7 Å². The predicted octanol–water partition coefficient (Wildman–Crippen LogP) is 3.75. The zero-order valence-electron chi connectivity index (χ0n) is 14.7. The van der Waals surface area contributed by atoms with Gasteiger partial charge in [-0.25, -0.2) is 4.39 Å². The van der Waals surface area contributed by atoms with E-state index >= 15 is 0 Å². The van der Waals surface area contributed by atoms with Crippen molar-refractivity contribution in [3.63, 3.8) is 0 Å². The van der Waals surface area contributed by atoms with Gasteiger partial charge in [0.2, 0.25) is 0 Å². The van der Waals surface area contributed by atoms with E-state index in [2.05, 4.69) is 5.32 Å². The molecule has 1 atom stereocenters. The Hall–Kier alpha value is -3.29. The van der Waals surface area contributed by atoms with Gasteiger partial charge in [0, 0.05) is 18.1 Å². The van der Waals surface area contributed by atoms with Gasteiger partial charge in [0.15, 0.2) is 12.4 Å². The van der Waals surface area contributed by atoms with Crippen LogP contribution >= 0.6 is 0 Å². The maximum atomic E-state index is 14.0. The van der Waals surface area contributed by atoms with E-state index in [9.17, 15) is 24.1 Å². The third-order valence-electron chi connectivity index (χ3n) is 4.49. The van der Waals surface area contributed by atoms with Crippen LogP contribution in [0.4, 0.5) is 15.8 Å². The molecule has 2 aromatic carbocycles. The molecule has 0 aromatic heterocycles. The Morgan fingerprint density at radius 3 is 2.81 bits per heavy atom. The number of nitrogens with zero attached hydrogens (tertiary/aromatic N) is 1. The second-order valence-corrected chi connectivity index (χ2v) is 6.43. The molecule has 1 aliphatic carbocycles. The number of amides is 1. The molecule has 0 radical (unpaired) electrons. The van der Waals surface area contributed by atoms with Gasteiger partial charge in [0.25, 0.3) is 11.6 Å². The van der Waals surface area contributed by atoms with Crippen molar-refractivity contribution in [3.05, 3.63) is 63.0 Å². The molecule has 0 heterocycles. The first-order valence-corrected chi connectivity index (χ1v) is 8.31. The average molecular weight is 372 g/mol. The van der Waals surface area contributed by atoms with Crippen molar-refractivity contribution in [2.24, 2.45) is 0 Å². The molecule has 0 saturated carbocycles. The fraction of sp³-hybridized carbons (Fsp3) is 0.263. The Labute approximate surface area is 154 Å². The number of nitro groups is 1. The van der Waals surface area contributed by atoms with Crippen LogP contribution in [0.5, 0.6) is 5.75 Å². The lowest BCUT2D eigenvalue weighted by Crippen LogP contribution is -2.22. The van der Waals surface area contributed by atoms with Gasteiger partial charge in [-0.05, 0) is 30.5 Å². The maximum absolute atomic E-state index is 14.0. The Bertz CT molecular complexity index is 957. The number of aryl methyl sites for hydroxylation is 1. The van der Waals surface area contributed by atoms with E-state index in [1.807, 2.05) is 0 Å². The second-order valence-electron chi connectivity index (χ2n) is 6.43. The molecule has 1 N–H and O–H groups in total. The highest BCUT2D eigenvalue weighted by Crippen LogP contribution is 2.39. The average Bonchev–Trinajstić information content (AvgIpc) is 2.91. The molecule has 0 spiro atoms. The van der Waals surface area contributed by atoms with Gasteiger partial charge in [-0.3, -0.25) is 19.7 Å². The second kappa shape index (κ2) is 7.14. The van der Waals surface area contributed by atoms with Crippen molar-refractivity contribution < 1.29 is 23.6 Å². The summed E-state index contributed by atoms with van der Waals surface area (Å²) in [5.41, 5.74) is 0.856. The Morgan fingerprint density at radius 1 is 1.37 bits per heavy atom. The van der Waals surface area contributed by atoms with Crippen LogP contribution in [-0.4, -0.2) is 23.2 Å². The predicted molar refractivity (Wildman–Crippen MR) is 95.7 cm³/mol. The third-order valence-corrected chi connectivity index (χ3v) is 4.49.